The highest BCUT2D eigenvalue weighted by atomic mass is 32.1. The zero-order valence-electron chi connectivity index (χ0n) is 26.7. The summed E-state index contributed by atoms with van der Waals surface area (Å²) in [6.45, 7) is 9.15. The van der Waals surface area contributed by atoms with E-state index in [9.17, 15) is 0 Å². The van der Waals surface area contributed by atoms with Crippen molar-refractivity contribution >= 4 is 69.4 Å². The van der Waals surface area contributed by atoms with E-state index in [2.05, 4.69) is 166 Å². The van der Waals surface area contributed by atoms with Gasteiger partial charge in [-0.1, -0.05) is 148 Å². The van der Waals surface area contributed by atoms with Gasteiger partial charge < -0.3 is 0 Å². The van der Waals surface area contributed by atoms with Crippen molar-refractivity contribution < 1.29 is 0 Å². The van der Waals surface area contributed by atoms with Crippen molar-refractivity contribution in [1.29, 1.82) is 0 Å². The minimum Gasteiger partial charge on any atom is -0.135 e. The molecule has 0 spiro atoms. The molecule has 1 aromatic heterocycles. The molecule has 0 nitrogen and oxygen atoms in total. The molecular weight excluding hydrogens is 585 g/mol. The molecule has 0 N–H and O–H groups in total. The third kappa shape index (κ3) is 4.42. The number of thiophene rings is 1. The zero-order valence-corrected chi connectivity index (χ0v) is 27.5. The van der Waals surface area contributed by atoms with Crippen LogP contribution in [0.15, 0.2) is 152 Å². The summed E-state index contributed by atoms with van der Waals surface area (Å²) in [5.41, 5.74) is 8.70. The van der Waals surface area contributed by atoms with Crippen LogP contribution in [0.5, 0.6) is 0 Å². The number of allylic oxidation sites excluding steroid dienone is 5. The van der Waals surface area contributed by atoms with Gasteiger partial charge in [0.1, 0.15) is 0 Å². The van der Waals surface area contributed by atoms with Gasteiger partial charge in [-0.15, -0.1) is 11.3 Å². The van der Waals surface area contributed by atoms with E-state index >= 15 is 0 Å². The lowest BCUT2D eigenvalue weighted by atomic mass is 9.76. The Bertz CT molecular complexity index is 2580. The van der Waals surface area contributed by atoms with Gasteiger partial charge in [-0.2, -0.15) is 0 Å². The van der Waals surface area contributed by atoms with Crippen molar-refractivity contribution in [3.63, 3.8) is 0 Å². The molecule has 8 aromatic rings. The Morgan fingerprint density at radius 1 is 0.574 bits per heavy atom. The van der Waals surface area contributed by atoms with Crippen LogP contribution in [0, 0.1) is 0 Å². The fourth-order valence-electron chi connectivity index (χ4n) is 7.76. The SMILES string of the molecule is C=C1/C=C\C=C/CC(C)(C)c2cc(-c3c4ccccc4c(-c4ccc5sc6c7ccccc7ccc6c5c4)c4ccccc34)ccc21. The summed E-state index contributed by atoms with van der Waals surface area (Å²) in [6.07, 6.45) is 9.64. The van der Waals surface area contributed by atoms with Crippen LogP contribution in [0.3, 0.4) is 0 Å². The molecule has 0 saturated carbocycles. The minimum absolute atomic E-state index is 0.0353. The fourth-order valence-corrected chi connectivity index (χ4v) is 8.98. The van der Waals surface area contributed by atoms with E-state index in [1.54, 1.807) is 0 Å². The van der Waals surface area contributed by atoms with E-state index in [1.807, 2.05) is 11.3 Å². The van der Waals surface area contributed by atoms with Crippen molar-refractivity contribution in [3.8, 4) is 22.3 Å². The molecule has 224 valence electrons. The molecule has 1 aliphatic rings. The molecule has 0 unspecified atom stereocenters. The van der Waals surface area contributed by atoms with Crippen LogP contribution in [0.1, 0.15) is 31.4 Å². The van der Waals surface area contributed by atoms with E-state index < -0.39 is 0 Å². The first-order valence-corrected chi connectivity index (χ1v) is 17.2. The van der Waals surface area contributed by atoms with E-state index in [4.69, 9.17) is 0 Å². The number of rotatable bonds is 2. The molecule has 0 aliphatic heterocycles. The van der Waals surface area contributed by atoms with Crippen molar-refractivity contribution in [3.05, 3.63) is 163 Å². The van der Waals surface area contributed by atoms with Crippen LogP contribution in [0.4, 0.5) is 0 Å². The van der Waals surface area contributed by atoms with Gasteiger partial charge in [-0.05, 0) is 101 Å². The molecule has 0 radical (unpaired) electrons. The zero-order chi connectivity index (χ0) is 31.7. The Kier molecular flexibility index (Phi) is 6.35. The topological polar surface area (TPSA) is 0 Å². The predicted octanol–water partition coefficient (Wildman–Crippen LogP) is 13.7. The first-order valence-electron chi connectivity index (χ1n) is 16.4. The standard InChI is InChI=1S/C46H34S/c1-29-13-5-4-12-26-46(2,3)41-28-32(21-23-33(29)41)44-37-18-10-8-16-35(37)43(36-17-9-11-19-38(36)44)31-22-25-42-40(27-31)39-24-20-30-14-6-7-15-34(30)45(39)47-42/h4-25,27-28H,1,26H2,2-3H3/b12-4-,13-5-. The Morgan fingerprint density at radius 2 is 1.19 bits per heavy atom. The van der Waals surface area contributed by atoms with Crippen molar-refractivity contribution in [1.82, 2.24) is 0 Å². The Morgan fingerprint density at radius 3 is 1.89 bits per heavy atom. The van der Waals surface area contributed by atoms with Crippen LogP contribution < -0.4 is 0 Å². The van der Waals surface area contributed by atoms with Gasteiger partial charge in [0.15, 0.2) is 0 Å². The van der Waals surface area contributed by atoms with Gasteiger partial charge in [0, 0.05) is 20.2 Å². The quantitative estimate of drug-likeness (QED) is 0.169. The van der Waals surface area contributed by atoms with Crippen LogP contribution in [0.25, 0.3) is 80.3 Å². The second-order valence-corrected chi connectivity index (χ2v) is 14.5. The summed E-state index contributed by atoms with van der Waals surface area (Å²) >= 11 is 1.90. The molecule has 0 bridgehead atoms. The lowest BCUT2D eigenvalue weighted by Crippen LogP contribution is -2.18. The van der Waals surface area contributed by atoms with Gasteiger partial charge >= 0.3 is 0 Å². The maximum atomic E-state index is 4.44. The number of hydrogen-bond acceptors (Lipinski definition) is 1. The minimum atomic E-state index is -0.0353. The smallest absolute Gasteiger partial charge is 0.0433 e. The summed E-state index contributed by atoms with van der Waals surface area (Å²) in [5.74, 6) is 0. The second-order valence-electron chi connectivity index (χ2n) is 13.5. The van der Waals surface area contributed by atoms with Crippen molar-refractivity contribution in [2.24, 2.45) is 0 Å². The molecule has 0 amide bonds. The summed E-state index contributed by atoms with van der Waals surface area (Å²) in [7, 11) is 0. The lowest BCUT2D eigenvalue weighted by molar-refractivity contribution is 0.533. The molecule has 0 atom stereocenters. The molecular formula is C46H34S. The monoisotopic (exact) mass is 618 g/mol. The Balaban J connectivity index is 1.32. The first kappa shape index (κ1) is 28.0. The van der Waals surface area contributed by atoms with Crippen LogP contribution in [0.2, 0.25) is 0 Å². The van der Waals surface area contributed by atoms with Gasteiger partial charge in [0.2, 0.25) is 0 Å². The second kappa shape index (κ2) is 10.7. The third-order valence-corrected chi connectivity index (χ3v) is 11.4. The van der Waals surface area contributed by atoms with E-state index in [0.717, 1.165) is 12.0 Å². The lowest BCUT2D eigenvalue weighted by Gasteiger charge is -2.28. The Hall–Kier alpha value is -5.24. The maximum absolute atomic E-state index is 4.44. The highest BCUT2D eigenvalue weighted by Gasteiger charge is 2.25. The average molecular weight is 619 g/mol. The summed E-state index contributed by atoms with van der Waals surface area (Å²) in [4.78, 5) is 0. The molecule has 1 heterocycles. The molecule has 1 heteroatoms. The van der Waals surface area contributed by atoms with Crippen molar-refractivity contribution in [2.75, 3.05) is 0 Å². The predicted molar refractivity (Wildman–Crippen MR) is 208 cm³/mol. The summed E-state index contributed by atoms with van der Waals surface area (Å²) < 4.78 is 2.70. The van der Waals surface area contributed by atoms with Gasteiger partial charge in [0.25, 0.3) is 0 Å². The average Bonchev–Trinajstić information content (AvgIpc) is 3.50. The van der Waals surface area contributed by atoms with E-state index in [0.29, 0.717) is 0 Å². The largest absolute Gasteiger partial charge is 0.135 e. The third-order valence-electron chi connectivity index (χ3n) is 10.1. The molecule has 9 rings (SSSR count). The molecule has 1 aliphatic carbocycles. The summed E-state index contributed by atoms with van der Waals surface area (Å²) in [5, 5.41) is 10.4. The van der Waals surface area contributed by atoms with Crippen LogP contribution in [-0.4, -0.2) is 0 Å². The Labute approximate surface area is 279 Å². The molecule has 47 heavy (non-hydrogen) atoms. The van der Waals surface area contributed by atoms with Crippen LogP contribution >= 0.6 is 11.3 Å². The van der Waals surface area contributed by atoms with E-state index in [1.165, 1.54) is 85.9 Å². The highest BCUT2D eigenvalue weighted by Crippen LogP contribution is 2.47. The highest BCUT2D eigenvalue weighted by molar-refractivity contribution is 7.26. The molecule has 0 saturated heterocycles. The summed E-state index contributed by atoms with van der Waals surface area (Å²) in [6, 6.07) is 45.4. The first-order chi connectivity index (χ1) is 23.0. The van der Waals surface area contributed by atoms with Gasteiger partial charge in [-0.25, -0.2) is 0 Å². The van der Waals surface area contributed by atoms with Crippen LogP contribution in [-0.2, 0) is 5.41 Å². The molecule has 0 fully saturated rings. The normalized spacial score (nSPS) is 15.9. The number of fused-ring (bicyclic) bond motifs is 8. The fraction of sp³-hybridized carbons (Fsp3) is 0.0870. The van der Waals surface area contributed by atoms with Gasteiger partial charge in [-0.3, -0.25) is 0 Å². The molecule has 7 aromatic carbocycles. The maximum Gasteiger partial charge on any atom is 0.0433 e. The number of benzene rings is 7. The van der Waals surface area contributed by atoms with E-state index in [-0.39, 0.29) is 5.41 Å². The van der Waals surface area contributed by atoms with Crippen molar-refractivity contribution in [2.45, 2.75) is 25.7 Å². The number of hydrogen-bond donors (Lipinski definition) is 0. The van der Waals surface area contributed by atoms with Gasteiger partial charge in [0.05, 0.1) is 0 Å².